The van der Waals surface area contributed by atoms with Gasteiger partial charge in [-0.15, -0.1) is 6.42 Å². The van der Waals surface area contributed by atoms with Crippen LogP contribution < -0.4 is 0 Å². The quantitative estimate of drug-likeness (QED) is 0.517. The van der Waals surface area contributed by atoms with Crippen molar-refractivity contribution < 1.29 is 0 Å². The van der Waals surface area contributed by atoms with E-state index in [2.05, 4.69) is 12.0 Å². The lowest BCUT2D eigenvalue weighted by Gasteiger charge is -2.17. The Kier molecular flexibility index (Phi) is 1.66. The maximum absolute atomic E-state index is 8.69. The molecule has 0 bridgehead atoms. The summed E-state index contributed by atoms with van der Waals surface area (Å²) in [5.41, 5.74) is -0.202. The van der Waals surface area contributed by atoms with Gasteiger partial charge >= 0.3 is 0 Å². The molecule has 1 aliphatic carbocycles. The number of rotatable bonds is 2. The molecule has 0 atom stereocenters. The summed E-state index contributed by atoms with van der Waals surface area (Å²) in [4.78, 5) is 1.94. The maximum atomic E-state index is 8.69. The van der Waals surface area contributed by atoms with Crippen LogP contribution >= 0.6 is 0 Å². The van der Waals surface area contributed by atoms with E-state index in [1.807, 2.05) is 11.9 Å². The molecule has 0 aromatic heterocycles. The Morgan fingerprint density at radius 2 is 2.30 bits per heavy atom. The molecule has 2 nitrogen and oxygen atoms in total. The normalized spacial score (nSPS) is 19.6. The molecule has 0 saturated heterocycles. The van der Waals surface area contributed by atoms with Gasteiger partial charge in [-0.3, -0.25) is 4.90 Å². The lowest BCUT2D eigenvalue weighted by atomic mass is 10.3. The summed E-state index contributed by atoms with van der Waals surface area (Å²) in [6.45, 7) is 0.577. The van der Waals surface area contributed by atoms with Crippen LogP contribution in [0.2, 0.25) is 0 Å². The van der Waals surface area contributed by atoms with E-state index in [4.69, 9.17) is 11.7 Å². The Morgan fingerprint density at radius 3 is 2.60 bits per heavy atom. The predicted molar refractivity (Wildman–Crippen MR) is 39.0 cm³/mol. The zero-order chi connectivity index (χ0) is 7.61. The fraction of sp³-hybridized carbons (Fsp3) is 0.625. The van der Waals surface area contributed by atoms with Crippen molar-refractivity contribution >= 4 is 0 Å². The van der Waals surface area contributed by atoms with Crippen LogP contribution in [0.5, 0.6) is 0 Å². The van der Waals surface area contributed by atoms with Gasteiger partial charge in [0.15, 0.2) is 0 Å². The second-order valence-corrected chi connectivity index (χ2v) is 2.70. The minimum Gasteiger partial charge on any atom is -0.277 e. The molecule has 1 fully saturated rings. The van der Waals surface area contributed by atoms with Crippen LogP contribution in [0, 0.1) is 23.7 Å². The summed E-state index contributed by atoms with van der Waals surface area (Å²) in [6.07, 6.45) is 7.06. The smallest absolute Gasteiger partial charge is 0.109 e. The van der Waals surface area contributed by atoms with Crippen molar-refractivity contribution in [3.8, 4) is 18.4 Å². The number of nitrogens with zero attached hydrogens (tertiary/aromatic N) is 2. The third kappa shape index (κ3) is 0.988. The Hall–Kier alpha value is -0.990. The highest BCUT2D eigenvalue weighted by molar-refractivity contribution is 5.19. The lowest BCUT2D eigenvalue weighted by molar-refractivity contribution is 0.305. The minimum absolute atomic E-state index is 0.202. The molecule has 0 N–H and O–H groups in total. The lowest BCUT2D eigenvalue weighted by Crippen LogP contribution is -2.32. The van der Waals surface area contributed by atoms with E-state index in [9.17, 15) is 0 Å². The van der Waals surface area contributed by atoms with E-state index in [-0.39, 0.29) is 5.54 Å². The van der Waals surface area contributed by atoms with E-state index in [0.717, 1.165) is 12.8 Å². The molecule has 0 spiro atoms. The van der Waals surface area contributed by atoms with E-state index >= 15 is 0 Å². The average molecular weight is 134 g/mol. The zero-order valence-electron chi connectivity index (χ0n) is 6.09. The number of terminal acetylenes is 1. The number of hydrogen-bond acceptors (Lipinski definition) is 2. The maximum Gasteiger partial charge on any atom is 0.109 e. The zero-order valence-corrected chi connectivity index (χ0v) is 6.09. The molecular weight excluding hydrogens is 124 g/mol. The van der Waals surface area contributed by atoms with Gasteiger partial charge in [0.05, 0.1) is 12.6 Å². The van der Waals surface area contributed by atoms with Crippen LogP contribution in [0.3, 0.4) is 0 Å². The topological polar surface area (TPSA) is 27.0 Å². The van der Waals surface area contributed by atoms with Gasteiger partial charge in [-0.05, 0) is 19.9 Å². The summed E-state index contributed by atoms with van der Waals surface area (Å²) in [6, 6.07) is 2.27. The van der Waals surface area contributed by atoms with Gasteiger partial charge in [-0.2, -0.15) is 5.26 Å². The average Bonchev–Trinajstić information content (AvgIpc) is 2.68. The third-order valence-electron chi connectivity index (χ3n) is 1.99. The molecule has 0 aromatic rings. The molecule has 1 aliphatic rings. The van der Waals surface area contributed by atoms with E-state index in [1.54, 1.807) is 0 Å². The van der Waals surface area contributed by atoms with Crippen molar-refractivity contribution in [3.63, 3.8) is 0 Å². The molecule has 0 aromatic carbocycles. The second kappa shape index (κ2) is 2.33. The monoisotopic (exact) mass is 134 g/mol. The summed E-state index contributed by atoms with van der Waals surface area (Å²) < 4.78 is 0. The molecule has 1 rings (SSSR count). The van der Waals surface area contributed by atoms with Gasteiger partial charge < -0.3 is 0 Å². The highest BCUT2D eigenvalue weighted by Crippen LogP contribution is 2.39. The standard InChI is InChI=1S/C8H10N2/c1-3-6-10(2)8(7-9)4-5-8/h1H,4-6H2,2H3. The van der Waals surface area contributed by atoms with Crippen LogP contribution in [0.4, 0.5) is 0 Å². The first kappa shape index (κ1) is 7.12. The molecule has 0 amide bonds. The Bertz CT molecular complexity index is 202. The van der Waals surface area contributed by atoms with Crippen molar-refractivity contribution in [2.24, 2.45) is 0 Å². The highest BCUT2D eigenvalue weighted by Gasteiger charge is 2.46. The Labute approximate surface area is 61.4 Å². The molecule has 0 aliphatic heterocycles. The first-order valence-corrected chi connectivity index (χ1v) is 3.31. The molecule has 52 valence electrons. The van der Waals surface area contributed by atoms with Gasteiger partial charge in [0.1, 0.15) is 5.54 Å². The van der Waals surface area contributed by atoms with Crippen LogP contribution in [0.1, 0.15) is 12.8 Å². The Morgan fingerprint density at radius 1 is 1.70 bits per heavy atom. The van der Waals surface area contributed by atoms with Crippen molar-refractivity contribution in [3.05, 3.63) is 0 Å². The molecule has 0 unspecified atom stereocenters. The van der Waals surface area contributed by atoms with Gasteiger partial charge in [-0.25, -0.2) is 0 Å². The fourth-order valence-corrected chi connectivity index (χ4v) is 0.986. The molecule has 10 heavy (non-hydrogen) atoms. The molecular formula is C8H10N2. The van der Waals surface area contributed by atoms with Crippen LogP contribution in [-0.4, -0.2) is 24.0 Å². The van der Waals surface area contributed by atoms with Gasteiger partial charge in [0.25, 0.3) is 0 Å². The summed E-state index contributed by atoms with van der Waals surface area (Å²) in [7, 11) is 1.90. The molecule has 1 saturated carbocycles. The van der Waals surface area contributed by atoms with E-state index in [0.29, 0.717) is 6.54 Å². The summed E-state index contributed by atoms with van der Waals surface area (Å²) in [5.74, 6) is 2.52. The highest BCUT2D eigenvalue weighted by atomic mass is 15.2. The van der Waals surface area contributed by atoms with Gasteiger partial charge in [0.2, 0.25) is 0 Å². The molecule has 0 heterocycles. The van der Waals surface area contributed by atoms with Crippen LogP contribution in [0.25, 0.3) is 0 Å². The van der Waals surface area contributed by atoms with Crippen molar-refractivity contribution in [1.82, 2.24) is 4.90 Å². The van der Waals surface area contributed by atoms with Crippen molar-refractivity contribution in [1.29, 1.82) is 5.26 Å². The molecule has 2 heteroatoms. The van der Waals surface area contributed by atoms with E-state index in [1.165, 1.54) is 0 Å². The molecule has 0 radical (unpaired) electrons. The summed E-state index contributed by atoms with van der Waals surface area (Å²) >= 11 is 0. The van der Waals surface area contributed by atoms with Crippen molar-refractivity contribution in [2.75, 3.05) is 13.6 Å². The van der Waals surface area contributed by atoms with Gasteiger partial charge in [0, 0.05) is 0 Å². The minimum atomic E-state index is -0.202. The van der Waals surface area contributed by atoms with Crippen molar-refractivity contribution in [2.45, 2.75) is 18.4 Å². The van der Waals surface area contributed by atoms with Crippen LogP contribution in [0.15, 0.2) is 0 Å². The second-order valence-electron chi connectivity index (χ2n) is 2.70. The SMILES string of the molecule is C#CCN(C)C1(C#N)CC1. The number of nitriles is 1. The largest absolute Gasteiger partial charge is 0.277 e. The van der Waals surface area contributed by atoms with Gasteiger partial charge in [-0.1, -0.05) is 5.92 Å². The van der Waals surface area contributed by atoms with E-state index < -0.39 is 0 Å². The van der Waals surface area contributed by atoms with Crippen LogP contribution in [-0.2, 0) is 0 Å². The number of hydrogen-bond donors (Lipinski definition) is 0. The third-order valence-corrected chi connectivity index (χ3v) is 1.99. The Balaban J connectivity index is 2.51. The first-order chi connectivity index (χ1) is 4.75. The summed E-state index contributed by atoms with van der Waals surface area (Å²) in [5, 5.41) is 8.69. The first-order valence-electron chi connectivity index (χ1n) is 3.31. The fourth-order valence-electron chi connectivity index (χ4n) is 0.986. The predicted octanol–water partition coefficient (Wildman–Crippen LogP) is 0.608.